The fourth-order valence-electron chi connectivity index (χ4n) is 3.29. The topological polar surface area (TPSA) is 121 Å². The third kappa shape index (κ3) is 6.80. The number of phenolic OH excluding ortho intramolecular Hbond substituents is 1. The van der Waals surface area contributed by atoms with Gasteiger partial charge >= 0.3 is 5.97 Å². The maximum absolute atomic E-state index is 12.6. The SMILES string of the molecule is CCOC(=O)C1=C(C)NC(=S)N[C@@H]1c1ccccc1OCC(=O)NN=Cc1cc(Br)cc(Br)c1O. The van der Waals surface area contributed by atoms with Crippen molar-refractivity contribution in [2.24, 2.45) is 5.10 Å². The smallest absolute Gasteiger partial charge is 0.338 e. The lowest BCUT2D eigenvalue weighted by Gasteiger charge is -2.30. The second kappa shape index (κ2) is 12.1. The number of benzene rings is 2. The minimum atomic E-state index is -0.627. The van der Waals surface area contributed by atoms with Gasteiger partial charge in [-0.25, -0.2) is 10.2 Å². The number of hydrazone groups is 1. The molecule has 1 amide bonds. The number of phenols is 1. The number of nitrogens with zero attached hydrogens (tertiary/aromatic N) is 1. The number of thiocarbonyl (C=S) groups is 1. The number of hydrogen-bond donors (Lipinski definition) is 4. The van der Waals surface area contributed by atoms with Crippen molar-refractivity contribution in [1.29, 1.82) is 0 Å². The molecule has 184 valence electrons. The molecule has 4 N–H and O–H groups in total. The van der Waals surface area contributed by atoms with Crippen molar-refractivity contribution in [3.63, 3.8) is 0 Å². The van der Waals surface area contributed by atoms with Gasteiger partial charge in [0.1, 0.15) is 11.5 Å². The third-order valence-electron chi connectivity index (χ3n) is 4.80. The minimum absolute atomic E-state index is 0.00971. The molecule has 0 aliphatic carbocycles. The Balaban J connectivity index is 1.73. The van der Waals surface area contributed by atoms with Crippen LogP contribution in [0.3, 0.4) is 0 Å². The molecular weight excluding hydrogens is 604 g/mol. The summed E-state index contributed by atoms with van der Waals surface area (Å²) in [5.41, 5.74) is 4.31. The molecule has 1 atom stereocenters. The van der Waals surface area contributed by atoms with Crippen molar-refractivity contribution in [3.05, 3.63) is 67.7 Å². The second-order valence-corrected chi connectivity index (χ2v) is 9.41. The molecule has 12 heteroatoms. The van der Waals surface area contributed by atoms with Crippen molar-refractivity contribution in [3.8, 4) is 11.5 Å². The van der Waals surface area contributed by atoms with Gasteiger partial charge in [-0.15, -0.1) is 0 Å². The first-order valence-corrected chi connectivity index (χ1v) is 12.4. The van der Waals surface area contributed by atoms with Gasteiger partial charge in [0.2, 0.25) is 0 Å². The summed E-state index contributed by atoms with van der Waals surface area (Å²) in [7, 11) is 0. The van der Waals surface area contributed by atoms with Crippen LogP contribution >= 0.6 is 44.1 Å². The molecular formula is C23H22Br2N4O5S. The molecule has 0 saturated carbocycles. The van der Waals surface area contributed by atoms with Gasteiger partial charge in [-0.3, -0.25) is 4.79 Å². The molecule has 0 unspecified atom stereocenters. The molecule has 0 spiro atoms. The largest absolute Gasteiger partial charge is 0.506 e. The van der Waals surface area contributed by atoms with Crippen LogP contribution < -0.4 is 20.8 Å². The fourth-order valence-corrected chi connectivity index (χ4v) is 4.82. The van der Waals surface area contributed by atoms with Crippen LogP contribution in [0.5, 0.6) is 11.5 Å². The van der Waals surface area contributed by atoms with E-state index in [-0.39, 0.29) is 19.0 Å². The minimum Gasteiger partial charge on any atom is -0.506 e. The Bertz CT molecular complexity index is 1220. The molecule has 0 fully saturated rings. The van der Waals surface area contributed by atoms with Crippen LogP contribution in [-0.4, -0.2) is 41.5 Å². The summed E-state index contributed by atoms with van der Waals surface area (Å²) in [5, 5.41) is 20.3. The second-order valence-electron chi connectivity index (χ2n) is 7.24. The van der Waals surface area contributed by atoms with Crippen LogP contribution in [0.2, 0.25) is 0 Å². The Morgan fingerprint density at radius 1 is 1.29 bits per heavy atom. The maximum Gasteiger partial charge on any atom is 0.338 e. The summed E-state index contributed by atoms with van der Waals surface area (Å²) in [6.45, 7) is 3.35. The number of rotatable bonds is 8. The highest BCUT2D eigenvalue weighted by Crippen LogP contribution is 2.34. The highest BCUT2D eigenvalue weighted by atomic mass is 79.9. The monoisotopic (exact) mass is 624 g/mol. The Morgan fingerprint density at radius 3 is 2.77 bits per heavy atom. The molecule has 1 aliphatic heterocycles. The molecule has 0 saturated heterocycles. The standard InChI is InChI=1S/C23H22Br2N4O5S/c1-3-33-22(32)19-12(2)27-23(35)28-20(19)15-6-4-5-7-17(15)34-11-18(30)29-26-10-13-8-14(24)9-16(25)21(13)31/h4-10,20,31H,3,11H2,1-2H3,(H,29,30)(H2,27,28,35)/t20-/m1/s1. The molecule has 2 aromatic carbocycles. The Hall–Kier alpha value is -2.96. The number of amides is 1. The van der Waals surface area contributed by atoms with Gasteiger partial charge in [-0.2, -0.15) is 5.10 Å². The van der Waals surface area contributed by atoms with Crippen LogP contribution in [0.4, 0.5) is 0 Å². The van der Waals surface area contributed by atoms with Crippen molar-refractivity contribution >= 4 is 67.3 Å². The molecule has 3 rings (SSSR count). The fraction of sp³-hybridized carbons (Fsp3) is 0.217. The number of ether oxygens (including phenoxy) is 2. The number of allylic oxidation sites excluding steroid dienone is 1. The highest BCUT2D eigenvalue weighted by molar-refractivity contribution is 9.11. The van der Waals surface area contributed by atoms with Crippen LogP contribution in [0.15, 0.2) is 61.7 Å². The van der Waals surface area contributed by atoms with E-state index in [9.17, 15) is 14.7 Å². The zero-order valence-electron chi connectivity index (χ0n) is 18.7. The normalized spacial score (nSPS) is 15.4. The summed E-state index contributed by atoms with van der Waals surface area (Å²) < 4.78 is 12.2. The van der Waals surface area contributed by atoms with Crippen LogP contribution in [0, 0.1) is 0 Å². The lowest BCUT2D eigenvalue weighted by atomic mass is 9.95. The quantitative estimate of drug-likeness (QED) is 0.151. The van der Waals surface area contributed by atoms with Gasteiger partial charge in [-0.05, 0) is 60.2 Å². The summed E-state index contributed by atoms with van der Waals surface area (Å²) in [6.07, 6.45) is 1.32. The lowest BCUT2D eigenvalue weighted by molar-refractivity contribution is -0.139. The Labute approximate surface area is 224 Å². The first-order chi connectivity index (χ1) is 16.7. The van der Waals surface area contributed by atoms with Gasteiger partial charge in [0, 0.05) is 21.3 Å². The molecule has 0 bridgehead atoms. The molecule has 1 heterocycles. The van der Waals surface area contributed by atoms with E-state index in [1.807, 2.05) is 0 Å². The van der Waals surface area contributed by atoms with Crippen molar-refractivity contribution < 1.29 is 24.2 Å². The number of nitrogens with one attached hydrogen (secondary N) is 3. The van der Waals surface area contributed by atoms with Crippen LogP contribution in [0.25, 0.3) is 0 Å². The molecule has 35 heavy (non-hydrogen) atoms. The van der Waals surface area contributed by atoms with Gasteiger partial charge < -0.3 is 25.2 Å². The summed E-state index contributed by atoms with van der Waals surface area (Å²) in [5.74, 6) is -0.626. The molecule has 9 nitrogen and oxygen atoms in total. The van der Waals surface area contributed by atoms with E-state index >= 15 is 0 Å². The van der Waals surface area contributed by atoms with Gasteiger partial charge in [0.25, 0.3) is 5.91 Å². The van der Waals surface area contributed by atoms with E-state index in [0.717, 1.165) is 4.47 Å². The van der Waals surface area contributed by atoms with E-state index in [4.69, 9.17) is 21.7 Å². The first-order valence-electron chi connectivity index (χ1n) is 10.4. The summed E-state index contributed by atoms with van der Waals surface area (Å²) in [6, 6.07) is 9.71. The van der Waals surface area contributed by atoms with Gasteiger partial charge in [0.05, 0.1) is 28.9 Å². The molecule has 0 aromatic heterocycles. The average molecular weight is 626 g/mol. The zero-order chi connectivity index (χ0) is 25.5. The summed E-state index contributed by atoms with van der Waals surface area (Å²) in [4.78, 5) is 24.9. The average Bonchev–Trinajstić information content (AvgIpc) is 2.80. The molecule has 2 aromatic rings. The zero-order valence-corrected chi connectivity index (χ0v) is 22.7. The van der Waals surface area contributed by atoms with Crippen LogP contribution in [-0.2, 0) is 14.3 Å². The van der Waals surface area contributed by atoms with Crippen molar-refractivity contribution in [2.75, 3.05) is 13.2 Å². The number of para-hydroxylation sites is 1. The third-order valence-corrected chi connectivity index (χ3v) is 6.09. The molecule has 0 radical (unpaired) electrons. The predicted octanol–water partition coefficient (Wildman–Crippen LogP) is 3.80. The van der Waals surface area contributed by atoms with Gasteiger partial charge in [-0.1, -0.05) is 34.1 Å². The van der Waals surface area contributed by atoms with Crippen molar-refractivity contribution in [1.82, 2.24) is 16.1 Å². The van der Waals surface area contributed by atoms with E-state index in [0.29, 0.717) is 37.7 Å². The number of aromatic hydroxyl groups is 1. The Kier molecular flexibility index (Phi) is 9.24. The Morgan fingerprint density at radius 2 is 2.03 bits per heavy atom. The number of halogens is 2. The van der Waals surface area contributed by atoms with Crippen molar-refractivity contribution in [2.45, 2.75) is 19.9 Å². The predicted molar refractivity (Wildman–Crippen MR) is 142 cm³/mol. The van der Waals surface area contributed by atoms with Gasteiger partial charge in [0.15, 0.2) is 11.7 Å². The number of carbonyl (C=O) groups excluding carboxylic acids is 2. The maximum atomic E-state index is 12.6. The van der Waals surface area contributed by atoms with Crippen LogP contribution in [0.1, 0.15) is 31.0 Å². The lowest BCUT2D eigenvalue weighted by Crippen LogP contribution is -2.45. The summed E-state index contributed by atoms with van der Waals surface area (Å²) >= 11 is 11.8. The number of esters is 1. The van der Waals surface area contributed by atoms with E-state index in [2.05, 4.69) is 53.0 Å². The highest BCUT2D eigenvalue weighted by Gasteiger charge is 2.32. The molecule has 1 aliphatic rings. The van der Waals surface area contributed by atoms with E-state index in [1.54, 1.807) is 50.2 Å². The first kappa shape index (κ1) is 26.6. The number of carbonyl (C=O) groups is 2. The van der Waals surface area contributed by atoms with E-state index in [1.165, 1.54) is 6.21 Å². The number of hydrogen-bond acceptors (Lipinski definition) is 7. The van der Waals surface area contributed by atoms with E-state index < -0.39 is 17.9 Å².